The first-order valence-electron chi connectivity index (χ1n) is 11.0. The van der Waals surface area contributed by atoms with E-state index in [9.17, 15) is 9.59 Å². The van der Waals surface area contributed by atoms with E-state index < -0.39 is 0 Å². The number of hydrogen-bond acceptors (Lipinski definition) is 4. The number of furan rings is 1. The number of likely N-dealkylation sites (tertiary alicyclic amines) is 2. The molecule has 2 saturated heterocycles. The van der Waals surface area contributed by atoms with Crippen LogP contribution in [0.2, 0.25) is 0 Å². The molecule has 0 N–H and O–H groups in total. The van der Waals surface area contributed by atoms with E-state index in [0.717, 1.165) is 30.8 Å². The Morgan fingerprint density at radius 1 is 1.20 bits per heavy atom. The predicted molar refractivity (Wildman–Crippen MR) is 116 cm³/mol. The molecule has 2 aliphatic rings. The van der Waals surface area contributed by atoms with Crippen molar-refractivity contribution in [2.45, 2.75) is 39.3 Å². The van der Waals surface area contributed by atoms with Gasteiger partial charge in [-0.15, -0.1) is 0 Å². The van der Waals surface area contributed by atoms with Gasteiger partial charge < -0.3 is 14.2 Å². The molecule has 3 heterocycles. The number of hydrogen-bond donors (Lipinski definition) is 0. The molecule has 1 aromatic carbocycles. The Hall–Kier alpha value is -2.60. The van der Waals surface area contributed by atoms with Crippen molar-refractivity contribution in [3.05, 3.63) is 47.7 Å². The van der Waals surface area contributed by atoms with Crippen molar-refractivity contribution in [2.75, 3.05) is 33.2 Å². The van der Waals surface area contributed by atoms with Gasteiger partial charge in [0.05, 0.1) is 18.2 Å². The summed E-state index contributed by atoms with van der Waals surface area (Å²) in [7, 11) is 1.86. The van der Waals surface area contributed by atoms with Gasteiger partial charge in [0.2, 0.25) is 5.91 Å². The van der Waals surface area contributed by atoms with Crippen molar-refractivity contribution < 1.29 is 14.0 Å². The van der Waals surface area contributed by atoms with Crippen LogP contribution in [0.1, 0.15) is 42.8 Å². The molecule has 0 radical (unpaired) electrons. The summed E-state index contributed by atoms with van der Waals surface area (Å²) in [5, 5.41) is 0. The number of likely N-dealkylation sites (N-methyl/N-ethyl adjacent to an activating group) is 1. The fourth-order valence-corrected chi connectivity index (χ4v) is 4.72. The highest BCUT2D eigenvalue weighted by molar-refractivity contribution is 6.00. The van der Waals surface area contributed by atoms with Crippen molar-refractivity contribution in [2.24, 2.45) is 5.92 Å². The highest BCUT2D eigenvalue weighted by Crippen LogP contribution is 2.34. The largest absolute Gasteiger partial charge is 0.459 e. The molecule has 0 spiro atoms. The maximum Gasteiger partial charge on any atom is 0.257 e. The van der Waals surface area contributed by atoms with Crippen LogP contribution >= 0.6 is 0 Å². The summed E-state index contributed by atoms with van der Waals surface area (Å²) in [6.45, 7) is 8.07. The first-order chi connectivity index (χ1) is 14.5. The molecule has 0 aliphatic carbocycles. The molecule has 0 saturated carbocycles. The Balaban J connectivity index is 1.62. The van der Waals surface area contributed by atoms with Crippen molar-refractivity contribution >= 4 is 11.8 Å². The first kappa shape index (κ1) is 20.7. The molecular formula is C24H31N3O3. The third-order valence-electron chi connectivity index (χ3n) is 6.66. The molecule has 2 fully saturated rings. The summed E-state index contributed by atoms with van der Waals surface area (Å²) in [5.41, 5.74) is 1.53. The number of nitrogens with zero attached hydrogens (tertiary/aromatic N) is 3. The Kier molecular flexibility index (Phi) is 5.95. The standard InChI is InChI=1S/C24H31N3O3/c1-4-26(5-2)15-19-14-20(23(30-19)17-9-7-6-8-10-17)24(29)27-12-11-18-13-22(28)25(3)21(18)16-27/h6-10,14,18,21H,4-5,11-13,15-16H2,1-3H3/t18-,21-/m1/s1. The number of rotatable bonds is 6. The fourth-order valence-electron chi connectivity index (χ4n) is 4.72. The van der Waals surface area contributed by atoms with E-state index in [0.29, 0.717) is 43.3 Å². The lowest BCUT2D eigenvalue weighted by Gasteiger charge is -2.37. The summed E-state index contributed by atoms with van der Waals surface area (Å²) in [6.07, 6.45) is 1.48. The van der Waals surface area contributed by atoms with Gasteiger partial charge in [-0.1, -0.05) is 44.2 Å². The topological polar surface area (TPSA) is 57.0 Å². The predicted octanol–water partition coefficient (Wildman–Crippen LogP) is 3.48. The van der Waals surface area contributed by atoms with Crippen LogP contribution in [0.4, 0.5) is 0 Å². The van der Waals surface area contributed by atoms with Crippen LogP contribution in [-0.4, -0.2) is 65.8 Å². The zero-order valence-corrected chi connectivity index (χ0v) is 18.1. The van der Waals surface area contributed by atoms with E-state index >= 15 is 0 Å². The second-order valence-electron chi connectivity index (χ2n) is 8.36. The van der Waals surface area contributed by atoms with Gasteiger partial charge in [-0.2, -0.15) is 0 Å². The summed E-state index contributed by atoms with van der Waals surface area (Å²) in [6, 6.07) is 11.9. The molecule has 2 amide bonds. The van der Waals surface area contributed by atoms with Gasteiger partial charge in [0.25, 0.3) is 5.91 Å². The van der Waals surface area contributed by atoms with E-state index in [1.54, 1.807) is 0 Å². The van der Waals surface area contributed by atoms with Crippen LogP contribution in [0.3, 0.4) is 0 Å². The summed E-state index contributed by atoms with van der Waals surface area (Å²) >= 11 is 0. The molecule has 4 rings (SSSR count). The van der Waals surface area contributed by atoms with E-state index in [-0.39, 0.29) is 17.9 Å². The van der Waals surface area contributed by atoms with Gasteiger partial charge in [-0.3, -0.25) is 14.5 Å². The number of fused-ring (bicyclic) bond motifs is 1. The zero-order valence-electron chi connectivity index (χ0n) is 18.1. The molecule has 2 aliphatic heterocycles. The smallest absolute Gasteiger partial charge is 0.257 e. The van der Waals surface area contributed by atoms with Crippen molar-refractivity contribution in [3.8, 4) is 11.3 Å². The molecule has 160 valence electrons. The fraction of sp³-hybridized carbons (Fsp3) is 0.500. The molecule has 6 heteroatoms. The van der Waals surface area contributed by atoms with E-state index in [2.05, 4.69) is 18.7 Å². The molecule has 6 nitrogen and oxygen atoms in total. The molecule has 2 aromatic rings. The highest BCUT2D eigenvalue weighted by atomic mass is 16.3. The average molecular weight is 410 g/mol. The van der Waals surface area contributed by atoms with E-state index in [1.807, 2.05) is 53.2 Å². The van der Waals surface area contributed by atoms with Crippen molar-refractivity contribution in [1.29, 1.82) is 0 Å². The van der Waals surface area contributed by atoms with Crippen LogP contribution in [0.5, 0.6) is 0 Å². The Morgan fingerprint density at radius 2 is 1.93 bits per heavy atom. The number of carbonyl (C=O) groups is 2. The maximum atomic E-state index is 13.6. The number of benzene rings is 1. The minimum absolute atomic E-state index is 0.00500. The van der Waals surface area contributed by atoms with Crippen molar-refractivity contribution in [3.63, 3.8) is 0 Å². The number of amides is 2. The van der Waals surface area contributed by atoms with Crippen LogP contribution in [-0.2, 0) is 11.3 Å². The highest BCUT2D eigenvalue weighted by Gasteiger charge is 2.42. The normalized spacial score (nSPS) is 21.4. The second-order valence-corrected chi connectivity index (χ2v) is 8.36. The third-order valence-corrected chi connectivity index (χ3v) is 6.66. The zero-order chi connectivity index (χ0) is 21.3. The summed E-state index contributed by atoms with van der Waals surface area (Å²) in [4.78, 5) is 31.6. The third kappa shape index (κ3) is 3.88. The molecule has 30 heavy (non-hydrogen) atoms. The minimum atomic E-state index is -0.00500. The SMILES string of the molecule is CCN(CC)Cc1cc(C(=O)N2CC[C@@H]3CC(=O)N(C)[C@@H]3C2)c(-c2ccccc2)o1. The van der Waals surface area contributed by atoms with Crippen LogP contribution in [0.25, 0.3) is 11.3 Å². The first-order valence-corrected chi connectivity index (χ1v) is 11.0. The van der Waals surface area contributed by atoms with E-state index in [1.165, 1.54) is 0 Å². The Morgan fingerprint density at radius 3 is 2.63 bits per heavy atom. The second kappa shape index (κ2) is 8.64. The van der Waals surface area contributed by atoms with Gasteiger partial charge in [0, 0.05) is 32.1 Å². The van der Waals surface area contributed by atoms with Crippen LogP contribution in [0.15, 0.2) is 40.8 Å². The molecule has 2 atom stereocenters. The van der Waals surface area contributed by atoms with Crippen LogP contribution in [0, 0.1) is 5.92 Å². The maximum absolute atomic E-state index is 13.6. The monoisotopic (exact) mass is 409 g/mol. The van der Waals surface area contributed by atoms with Gasteiger partial charge in [-0.25, -0.2) is 0 Å². The van der Waals surface area contributed by atoms with Crippen molar-refractivity contribution in [1.82, 2.24) is 14.7 Å². The Labute approximate surface area is 178 Å². The Bertz CT molecular complexity index is 904. The molecule has 0 bridgehead atoms. The molecule has 0 unspecified atom stereocenters. The minimum Gasteiger partial charge on any atom is -0.459 e. The van der Waals surface area contributed by atoms with E-state index in [4.69, 9.17) is 4.42 Å². The number of carbonyl (C=O) groups excluding carboxylic acids is 2. The van der Waals surface area contributed by atoms with Gasteiger partial charge in [0.1, 0.15) is 11.5 Å². The van der Waals surface area contributed by atoms with Gasteiger partial charge in [0.15, 0.2) is 0 Å². The summed E-state index contributed by atoms with van der Waals surface area (Å²) < 4.78 is 6.22. The average Bonchev–Trinajstić information content (AvgIpc) is 3.32. The molecule has 1 aromatic heterocycles. The molecular weight excluding hydrogens is 378 g/mol. The van der Waals surface area contributed by atoms with Gasteiger partial charge >= 0.3 is 0 Å². The quantitative estimate of drug-likeness (QED) is 0.733. The lowest BCUT2D eigenvalue weighted by atomic mass is 9.91. The van der Waals surface area contributed by atoms with Gasteiger partial charge in [-0.05, 0) is 31.5 Å². The van der Waals surface area contributed by atoms with Crippen LogP contribution < -0.4 is 0 Å². The lowest BCUT2D eigenvalue weighted by molar-refractivity contribution is -0.127. The summed E-state index contributed by atoms with van der Waals surface area (Å²) in [5.74, 6) is 2.00. The number of piperidine rings is 1. The lowest BCUT2D eigenvalue weighted by Crippen LogP contribution is -2.49.